The topological polar surface area (TPSA) is 77.5 Å². The average Bonchev–Trinajstić information content (AvgIpc) is 3.00. The van der Waals surface area contributed by atoms with Crippen LogP contribution in [0.5, 0.6) is 11.5 Å². The smallest absolute Gasteiger partial charge is 0.311 e. The lowest BCUT2D eigenvalue weighted by Crippen LogP contribution is -2.12. The molecule has 1 N–H and O–H groups in total. The number of ether oxygens (including phenoxy) is 2. The van der Waals surface area contributed by atoms with Crippen LogP contribution in [0.3, 0.4) is 0 Å². The third-order valence-electron chi connectivity index (χ3n) is 2.59. The number of anilines is 1. The molecule has 0 bridgehead atoms. The normalized spacial score (nSPS) is 10.0. The first kappa shape index (κ1) is 15.0. The van der Waals surface area contributed by atoms with Crippen molar-refractivity contribution in [2.24, 2.45) is 0 Å². The summed E-state index contributed by atoms with van der Waals surface area (Å²) in [5.41, 5.74) is 0.387. The molecule has 0 saturated heterocycles. The van der Waals surface area contributed by atoms with Gasteiger partial charge in [0.05, 0.1) is 7.11 Å². The van der Waals surface area contributed by atoms with E-state index in [1.807, 2.05) is 0 Å². The Morgan fingerprint density at radius 1 is 1.33 bits per heavy atom. The number of carbonyl (C=O) groups is 2. The fourth-order valence-corrected chi connectivity index (χ4v) is 2.07. The summed E-state index contributed by atoms with van der Waals surface area (Å²) in [4.78, 5) is 27.4. The zero-order valence-electron chi connectivity index (χ0n) is 11.6. The first-order valence-electron chi connectivity index (χ1n) is 6.23. The molecule has 0 aliphatic carbocycles. The lowest BCUT2D eigenvalue weighted by Gasteiger charge is -2.10. The van der Waals surface area contributed by atoms with Crippen molar-refractivity contribution >= 4 is 28.3 Å². The monoisotopic (exact) mass is 306 g/mol. The minimum absolute atomic E-state index is 0.259. The van der Waals surface area contributed by atoms with E-state index in [9.17, 15) is 9.59 Å². The molecule has 0 saturated carbocycles. The molecule has 0 aliphatic rings. The number of nitrogens with zero attached hydrogens (tertiary/aromatic N) is 1. The molecule has 1 amide bonds. The zero-order valence-corrected chi connectivity index (χ0v) is 12.4. The Balaban J connectivity index is 2.18. The summed E-state index contributed by atoms with van der Waals surface area (Å²) in [6.07, 6.45) is 1.86. The van der Waals surface area contributed by atoms with E-state index >= 15 is 0 Å². The number of hydrogen-bond acceptors (Lipinski definition) is 6. The molecular formula is C14H14N2O4S. The second-order valence-corrected chi connectivity index (χ2v) is 4.88. The van der Waals surface area contributed by atoms with Crippen LogP contribution in [0.15, 0.2) is 29.8 Å². The number of rotatable bonds is 5. The van der Waals surface area contributed by atoms with Crippen LogP contribution in [0.4, 0.5) is 5.13 Å². The predicted molar refractivity (Wildman–Crippen MR) is 79.0 cm³/mol. The predicted octanol–water partition coefficient (Wildman–Crippen LogP) is 2.72. The molecule has 6 nitrogen and oxygen atoms in total. The van der Waals surface area contributed by atoms with E-state index in [2.05, 4.69) is 10.3 Å². The summed E-state index contributed by atoms with van der Waals surface area (Å²) in [5, 5.41) is 4.95. The van der Waals surface area contributed by atoms with Gasteiger partial charge in [-0.2, -0.15) is 0 Å². The molecule has 2 aromatic rings. The first-order valence-corrected chi connectivity index (χ1v) is 7.11. The van der Waals surface area contributed by atoms with Gasteiger partial charge in [0.2, 0.25) is 0 Å². The Kier molecular flexibility index (Phi) is 4.89. The summed E-state index contributed by atoms with van der Waals surface area (Å²) in [6.45, 7) is 1.70. The largest absolute Gasteiger partial charge is 0.493 e. The molecule has 1 heterocycles. The van der Waals surface area contributed by atoms with Gasteiger partial charge in [0.25, 0.3) is 5.91 Å². The number of hydrogen-bond donors (Lipinski definition) is 1. The number of methoxy groups -OCH3 is 1. The van der Waals surface area contributed by atoms with Crippen molar-refractivity contribution in [3.63, 3.8) is 0 Å². The fourth-order valence-electron chi connectivity index (χ4n) is 1.54. The van der Waals surface area contributed by atoms with Crippen LogP contribution >= 0.6 is 11.3 Å². The van der Waals surface area contributed by atoms with Crippen LogP contribution in [0.1, 0.15) is 23.7 Å². The van der Waals surface area contributed by atoms with Gasteiger partial charge in [-0.3, -0.25) is 14.9 Å². The van der Waals surface area contributed by atoms with Gasteiger partial charge < -0.3 is 9.47 Å². The standard InChI is InChI=1S/C14H14N2O4S/c1-3-12(17)20-10-5-4-9(8-11(10)19-2)13(18)16-14-15-6-7-21-14/h4-8H,3H2,1-2H3,(H,15,16,18). The minimum Gasteiger partial charge on any atom is -0.493 e. The number of benzene rings is 1. The summed E-state index contributed by atoms with van der Waals surface area (Å²) in [7, 11) is 1.45. The molecule has 21 heavy (non-hydrogen) atoms. The molecule has 0 unspecified atom stereocenters. The maximum Gasteiger partial charge on any atom is 0.311 e. The Hall–Kier alpha value is -2.41. The lowest BCUT2D eigenvalue weighted by atomic mass is 10.2. The Labute approximate surface area is 125 Å². The van der Waals surface area contributed by atoms with Crippen LogP contribution < -0.4 is 14.8 Å². The molecule has 1 aromatic heterocycles. The van der Waals surface area contributed by atoms with Crippen molar-refractivity contribution in [1.82, 2.24) is 4.98 Å². The van der Waals surface area contributed by atoms with E-state index < -0.39 is 0 Å². The Bertz CT molecular complexity index is 640. The fraction of sp³-hybridized carbons (Fsp3) is 0.214. The van der Waals surface area contributed by atoms with Gasteiger partial charge >= 0.3 is 5.97 Å². The summed E-state index contributed by atoms with van der Waals surface area (Å²) < 4.78 is 10.3. The molecule has 7 heteroatoms. The minimum atomic E-state index is -0.367. The molecule has 0 aliphatic heterocycles. The molecule has 0 radical (unpaired) electrons. The van der Waals surface area contributed by atoms with E-state index in [0.717, 1.165) is 0 Å². The van der Waals surface area contributed by atoms with Crippen LogP contribution in [-0.4, -0.2) is 24.0 Å². The van der Waals surface area contributed by atoms with Gasteiger partial charge in [0.15, 0.2) is 16.6 Å². The number of thiazole rings is 1. The van der Waals surface area contributed by atoms with Crippen LogP contribution in [0.2, 0.25) is 0 Å². The van der Waals surface area contributed by atoms with Crippen LogP contribution in [0, 0.1) is 0 Å². The van der Waals surface area contributed by atoms with E-state index in [4.69, 9.17) is 9.47 Å². The van der Waals surface area contributed by atoms with E-state index in [-0.39, 0.29) is 24.0 Å². The van der Waals surface area contributed by atoms with Gasteiger partial charge in [-0.15, -0.1) is 11.3 Å². The van der Waals surface area contributed by atoms with Crippen molar-refractivity contribution in [1.29, 1.82) is 0 Å². The molecule has 0 spiro atoms. The third kappa shape index (κ3) is 3.79. The zero-order chi connectivity index (χ0) is 15.2. The number of amides is 1. The average molecular weight is 306 g/mol. The Morgan fingerprint density at radius 3 is 2.76 bits per heavy atom. The number of nitrogens with one attached hydrogen (secondary N) is 1. The first-order chi connectivity index (χ1) is 10.1. The second-order valence-electron chi connectivity index (χ2n) is 3.98. The Morgan fingerprint density at radius 2 is 2.14 bits per heavy atom. The maximum atomic E-state index is 12.1. The number of carbonyl (C=O) groups excluding carboxylic acids is 2. The molecule has 2 rings (SSSR count). The lowest BCUT2D eigenvalue weighted by molar-refractivity contribution is -0.134. The van der Waals surface area contributed by atoms with Crippen molar-refractivity contribution < 1.29 is 19.1 Å². The second kappa shape index (κ2) is 6.85. The van der Waals surface area contributed by atoms with Crippen molar-refractivity contribution in [3.8, 4) is 11.5 Å². The third-order valence-corrected chi connectivity index (χ3v) is 3.28. The highest BCUT2D eigenvalue weighted by Gasteiger charge is 2.14. The van der Waals surface area contributed by atoms with Crippen molar-refractivity contribution in [3.05, 3.63) is 35.3 Å². The van der Waals surface area contributed by atoms with Gasteiger partial charge in [-0.25, -0.2) is 4.98 Å². The molecule has 1 aromatic carbocycles. The van der Waals surface area contributed by atoms with E-state index in [1.165, 1.54) is 30.6 Å². The van der Waals surface area contributed by atoms with Crippen molar-refractivity contribution in [2.75, 3.05) is 12.4 Å². The highest BCUT2D eigenvalue weighted by atomic mass is 32.1. The number of esters is 1. The van der Waals surface area contributed by atoms with E-state index in [1.54, 1.807) is 24.6 Å². The highest BCUT2D eigenvalue weighted by Crippen LogP contribution is 2.28. The molecular weight excluding hydrogens is 292 g/mol. The summed E-state index contributed by atoms with van der Waals surface area (Å²) in [5.74, 6) is -0.0661. The molecule has 0 atom stereocenters. The van der Waals surface area contributed by atoms with Crippen molar-refractivity contribution in [2.45, 2.75) is 13.3 Å². The van der Waals surface area contributed by atoms with Gasteiger partial charge in [0, 0.05) is 23.6 Å². The highest BCUT2D eigenvalue weighted by molar-refractivity contribution is 7.13. The summed E-state index contributed by atoms with van der Waals surface area (Å²) in [6, 6.07) is 4.61. The molecule has 0 fully saturated rings. The quantitative estimate of drug-likeness (QED) is 0.679. The van der Waals surface area contributed by atoms with Gasteiger partial charge in [-0.05, 0) is 18.2 Å². The maximum absolute atomic E-state index is 12.1. The van der Waals surface area contributed by atoms with Gasteiger partial charge in [-0.1, -0.05) is 6.92 Å². The SMILES string of the molecule is CCC(=O)Oc1ccc(C(=O)Nc2nccs2)cc1OC. The number of aromatic nitrogens is 1. The summed E-state index contributed by atoms with van der Waals surface area (Å²) >= 11 is 1.33. The van der Waals surface area contributed by atoms with Crippen LogP contribution in [0.25, 0.3) is 0 Å². The van der Waals surface area contributed by atoms with Gasteiger partial charge in [0.1, 0.15) is 0 Å². The van der Waals surface area contributed by atoms with E-state index in [0.29, 0.717) is 16.4 Å². The van der Waals surface area contributed by atoms with Crippen LogP contribution in [-0.2, 0) is 4.79 Å². The molecule has 110 valence electrons.